The summed E-state index contributed by atoms with van der Waals surface area (Å²) < 4.78 is 39.2. The topological polar surface area (TPSA) is 32.3 Å². The molecular formula is C15H19F3N2O. The van der Waals surface area contributed by atoms with Crippen LogP contribution < -0.4 is 5.32 Å². The van der Waals surface area contributed by atoms with Crippen molar-refractivity contribution >= 4 is 6.03 Å². The van der Waals surface area contributed by atoms with Crippen molar-refractivity contribution in [2.45, 2.75) is 44.2 Å². The number of amides is 2. The van der Waals surface area contributed by atoms with Gasteiger partial charge in [0.2, 0.25) is 5.92 Å². The van der Waals surface area contributed by atoms with E-state index in [0.29, 0.717) is 5.56 Å². The Morgan fingerprint density at radius 3 is 2.67 bits per heavy atom. The fraction of sp³-hybridized carbons (Fsp3) is 0.533. The van der Waals surface area contributed by atoms with Crippen LogP contribution in [0, 0.1) is 5.82 Å². The quantitative estimate of drug-likeness (QED) is 0.909. The van der Waals surface area contributed by atoms with Crippen molar-refractivity contribution in [1.29, 1.82) is 0 Å². The Hall–Kier alpha value is -1.72. The Kier molecular flexibility index (Phi) is 4.75. The van der Waals surface area contributed by atoms with Crippen LogP contribution in [0.25, 0.3) is 0 Å². The van der Waals surface area contributed by atoms with Crippen LogP contribution in [-0.4, -0.2) is 29.9 Å². The molecule has 1 aliphatic carbocycles. The molecule has 1 aliphatic rings. The average Bonchev–Trinajstić information content (AvgIpc) is 2.41. The Bertz CT molecular complexity index is 497. The SMILES string of the molecule is CN(Cc1cccc(F)c1)C(=O)NC1CCC(F)(F)CC1. The third kappa shape index (κ3) is 4.65. The summed E-state index contributed by atoms with van der Waals surface area (Å²) in [5, 5.41) is 2.75. The normalized spacial score (nSPS) is 18.3. The molecule has 0 spiro atoms. The first-order valence-electron chi connectivity index (χ1n) is 7.00. The second-order valence-corrected chi connectivity index (χ2v) is 5.57. The molecule has 6 heteroatoms. The molecule has 0 aromatic heterocycles. The molecule has 3 nitrogen and oxygen atoms in total. The lowest BCUT2D eigenvalue weighted by Crippen LogP contribution is -2.45. The van der Waals surface area contributed by atoms with E-state index in [1.165, 1.54) is 17.0 Å². The van der Waals surface area contributed by atoms with Gasteiger partial charge in [0.15, 0.2) is 0 Å². The highest BCUT2D eigenvalue weighted by molar-refractivity contribution is 5.74. The fourth-order valence-electron chi connectivity index (χ4n) is 2.45. The highest BCUT2D eigenvalue weighted by Crippen LogP contribution is 2.33. The number of nitrogens with zero attached hydrogens (tertiary/aromatic N) is 1. The van der Waals surface area contributed by atoms with E-state index in [-0.39, 0.29) is 50.1 Å². The zero-order chi connectivity index (χ0) is 15.5. The Labute approximate surface area is 122 Å². The van der Waals surface area contributed by atoms with Gasteiger partial charge in [-0.3, -0.25) is 0 Å². The van der Waals surface area contributed by atoms with E-state index < -0.39 is 5.92 Å². The molecule has 0 unspecified atom stereocenters. The van der Waals surface area contributed by atoms with Crippen molar-refractivity contribution in [2.24, 2.45) is 0 Å². The highest BCUT2D eigenvalue weighted by atomic mass is 19.3. The number of halogens is 3. The van der Waals surface area contributed by atoms with Gasteiger partial charge in [0.25, 0.3) is 0 Å². The predicted octanol–water partition coefficient (Wildman–Crippen LogP) is 3.55. The highest BCUT2D eigenvalue weighted by Gasteiger charge is 2.35. The van der Waals surface area contributed by atoms with Crippen molar-refractivity contribution in [1.82, 2.24) is 10.2 Å². The van der Waals surface area contributed by atoms with E-state index in [1.54, 1.807) is 19.2 Å². The number of urea groups is 1. The molecule has 0 saturated heterocycles. The smallest absolute Gasteiger partial charge is 0.317 e. The number of nitrogens with one attached hydrogen (secondary N) is 1. The number of hydrogen-bond donors (Lipinski definition) is 1. The van der Waals surface area contributed by atoms with Crippen molar-refractivity contribution in [3.8, 4) is 0 Å². The molecular weight excluding hydrogens is 281 g/mol. The second kappa shape index (κ2) is 6.37. The van der Waals surface area contributed by atoms with Crippen molar-refractivity contribution < 1.29 is 18.0 Å². The summed E-state index contributed by atoms with van der Waals surface area (Å²) in [5.74, 6) is -2.95. The van der Waals surface area contributed by atoms with Crippen molar-refractivity contribution in [2.75, 3.05) is 7.05 Å². The molecule has 1 aromatic carbocycles. The first kappa shape index (κ1) is 15.7. The van der Waals surface area contributed by atoms with E-state index >= 15 is 0 Å². The summed E-state index contributed by atoms with van der Waals surface area (Å²) >= 11 is 0. The maximum absolute atomic E-state index is 13.1. The van der Waals surface area contributed by atoms with Gasteiger partial charge in [0.1, 0.15) is 5.82 Å². The molecule has 0 bridgehead atoms. The summed E-state index contributed by atoms with van der Waals surface area (Å²) in [6.45, 7) is 0.270. The van der Waals surface area contributed by atoms with E-state index in [1.807, 2.05) is 0 Å². The van der Waals surface area contributed by atoms with Crippen LogP contribution >= 0.6 is 0 Å². The first-order chi connectivity index (χ1) is 9.85. The molecule has 1 fully saturated rings. The van der Waals surface area contributed by atoms with Gasteiger partial charge in [0, 0.05) is 32.5 Å². The Morgan fingerprint density at radius 2 is 2.05 bits per heavy atom. The van der Waals surface area contributed by atoms with Crippen molar-refractivity contribution in [3.63, 3.8) is 0 Å². The number of alkyl halides is 2. The Morgan fingerprint density at radius 1 is 1.38 bits per heavy atom. The first-order valence-corrected chi connectivity index (χ1v) is 7.00. The summed E-state index contributed by atoms with van der Waals surface area (Å²) in [6, 6.07) is 5.48. The number of benzene rings is 1. The molecule has 116 valence electrons. The molecule has 2 rings (SSSR count). The van der Waals surface area contributed by atoms with Crippen LogP contribution in [0.5, 0.6) is 0 Å². The van der Waals surface area contributed by atoms with E-state index in [9.17, 15) is 18.0 Å². The molecule has 1 saturated carbocycles. The van der Waals surface area contributed by atoms with E-state index in [0.717, 1.165) is 0 Å². The fourth-order valence-corrected chi connectivity index (χ4v) is 2.45. The van der Waals surface area contributed by atoms with Crippen LogP contribution in [0.1, 0.15) is 31.2 Å². The van der Waals surface area contributed by atoms with Gasteiger partial charge in [-0.15, -0.1) is 0 Å². The number of hydrogen-bond acceptors (Lipinski definition) is 1. The summed E-state index contributed by atoms with van der Waals surface area (Å²) in [4.78, 5) is 13.4. The largest absolute Gasteiger partial charge is 0.335 e. The van der Waals surface area contributed by atoms with E-state index in [2.05, 4.69) is 5.32 Å². The van der Waals surface area contributed by atoms with Gasteiger partial charge in [0.05, 0.1) is 0 Å². The molecule has 0 radical (unpaired) electrons. The lowest BCUT2D eigenvalue weighted by atomic mass is 9.92. The molecule has 2 amide bonds. The predicted molar refractivity (Wildman–Crippen MR) is 73.6 cm³/mol. The molecule has 0 aliphatic heterocycles. The third-order valence-electron chi connectivity index (χ3n) is 3.70. The van der Waals surface area contributed by atoms with Gasteiger partial charge >= 0.3 is 6.03 Å². The minimum Gasteiger partial charge on any atom is -0.335 e. The standard InChI is InChI=1S/C15H19F3N2O/c1-20(10-11-3-2-4-12(16)9-11)14(21)19-13-5-7-15(17,18)8-6-13/h2-4,9,13H,5-8,10H2,1H3,(H,19,21). The van der Waals surface area contributed by atoms with Crippen LogP contribution in [0.3, 0.4) is 0 Å². The molecule has 21 heavy (non-hydrogen) atoms. The van der Waals surface area contributed by atoms with Crippen LogP contribution in [0.15, 0.2) is 24.3 Å². The zero-order valence-electron chi connectivity index (χ0n) is 11.9. The third-order valence-corrected chi connectivity index (χ3v) is 3.70. The molecule has 1 N–H and O–H groups in total. The lowest BCUT2D eigenvalue weighted by Gasteiger charge is -2.30. The summed E-state index contributed by atoms with van der Waals surface area (Å²) in [7, 11) is 1.59. The number of carbonyl (C=O) groups excluding carboxylic acids is 1. The average molecular weight is 300 g/mol. The monoisotopic (exact) mass is 300 g/mol. The minimum absolute atomic E-state index is 0.189. The number of rotatable bonds is 3. The minimum atomic E-state index is -2.60. The summed E-state index contributed by atoms with van der Waals surface area (Å²) in [6.07, 6.45) is 0.191. The van der Waals surface area contributed by atoms with E-state index in [4.69, 9.17) is 0 Å². The molecule has 0 atom stereocenters. The van der Waals surface area contributed by atoms with Crippen LogP contribution in [-0.2, 0) is 6.54 Å². The number of carbonyl (C=O) groups is 1. The van der Waals surface area contributed by atoms with Gasteiger partial charge in [-0.1, -0.05) is 12.1 Å². The van der Waals surface area contributed by atoms with Crippen molar-refractivity contribution in [3.05, 3.63) is 35.6 Å². The Balaban J connectivity index is 1.83. The van der Waals surface area contributed by atoms with Gasteiger partial charge in [-0.05, 0) is 30.5 Å². The van der Waals surface area contributed by atoms with Crippen LogP contribution in [0.2, 0.25) is 0 Å². The van der Waals surface area contributed by atoms with Gasteiger partial charge in [-0.2, -0.15) is 0 Å². The second-order valence-electron chi connectivity index (χ2n) is 5.57. The zero-order valence-corrected chi connectivity index (χ0v) is 11.9. The van der Waals surface area contributed by atoms with Gasteiger partial charge < -0.3 is 10.2 Å². The van der Waals surface area contributed by atoms with Gasteiger partial charge in [-0.25, -0.2) is 18.0 Å². The lowest BCUT2D eigenvalue weighted by molar-refractivity contribution is -0.0397. The summed E-state index contributed by atoms with van der Waals surface area (Å²) in [5.41, 5.74) is 0.683. The maximum atomic E-state index is 13.1. The van der Waals surface area contributed by atoms with Crippen LogP contribution in [0.4, 0.5) is 18.0 Å². The molecule has 0 heterocycles. The maximum Gasteiger partial charge on any atom is 0.317 e. The molecule has 1 aromatic rings.